The molecule has 116 valence electrons. The van der Waals surface area contributed by atoms with Gasteiger partial charge in [-0.05, 0) is 62.3 Å². The van der Waals surface area contributed by atoms with E-state index in [-0.39, 0.29) is 0 Å². The molecule has 1 atom stereocenters. The Kier molecular flexibility index (Phi) is 5.09. The molecule has 0 saturated carbocycles. The van der Waals surface area contributed by atoms with E-state index in [1.165, 1.54) is 25.1 Å². The fraction of sp³-hybridized carbons (Fsp3) is 0.368. The van der Waals surface area contributed by atoms with Gasteiger partial charge in [0.2, 0.25) is 0 Å². The van der Waals surface area contributed by atoms with E-state index in [1.54, 1.807) is 0 Å². The number of nitrogens with one attached hydrogen (secondary N) is 1. The second kappa shape index (κ2) is 7.43. The van der Waals surface area contributed by atoms with Crippen LogP contribution in [-0.4, -0.2) is 31.6 Å². The molecule has 1 unspecified atom stereocenters. The summed E-state index contributed by atoms with van der Waals surface area (Å²) in [7, 11) is 2.03. The van der Waals surface area contributed by atoms with Crippen LogP contribution in [0.4, 0.5) is 0 Å². The largest absolute Gasteiger partial charge is 0.457 e. The third-order valence-corrected chi connectivity index (χ3v) is 4.15. The first-order valence-corrected chi connectivity index (χ1v) is 8.02. The number of benzene rings is 2. The Bertz CT molecular complexity index is 585. The van der Waals surface area contributed by atoms with Crippen molar-refractivity contribution in [2.75, 3.05) is 26.7 Å². The highest BCUT2D eigenvalue weighted by atomic mass is 16.5. The second-order valence-corrected chi connectivity index (χ2v) is 6.01. The Labute approximate surface area is 132 Å². The standard InChI is InChI=1S/C19H24N2O/c1-20-13-17-10-11-21(15-17)14-16-6-5-9-19(12-16)22-18-7-3-2-4-8-18/h2-9,12,17,20H,10-11,13-15H2,1H3. The van der Waals surface area contributed by atoms with Gasteiger partial charge in [-0.2, -0.15) is 0 Å². The maximum atomic E-state index is 5.91. The van der Waals surface area contributed by atoms with E-state index in [9.17, 15) is 0 Å². The molecular formula is C19H24N2O. The number of likely N-dealkylation sites (tertiary alicyclic amines) is 1. The van der Waals surface area contributed by atoms with Crippen molar-refractivity contribution >= 4 is 0 Å². The second-order valence-electron chi connectivity index (χ2n) is 6.01. The minimum atomic E-state index is 0.786. The molecule has 2 aromatic carbocycles. The summed E-state index contributed by atoms with van der Waals surface area (Å²) in [5, 5.41) is 3.28. The Balaban J connectivity index is 1.60. The molecule has 1 N–H and O–H groups in total. The third-order valence-electron chi connectivity index (χ3n) is 4.15. The van der Waals surface area contributed by atoms with Gasteiger partial charge in [-0.15, -0.1) is 0 Å². The zero-order chi connectivity index (χ0) is 15.2. The summed E-state index contributed by atoms with van der Waals surface area (Å²) < 4.78 is 5.91. The molecule has 1 aliphatic rings. The van der Waals surface area contributed by atoms with Crippen molar-refractivity contribution in [2.24, 2.45) is 5.92 Å². The quantitative estimate of drug-likeness (QED) is 0.882. The fourth-order valence-electron chi connectivity index (χ4n) is 3.10. The van der Waals surface area contributed by atoms with E-state index in [0.717, 1.165) is 30.5 Å². The van der Waals surface area contributed by atoms with Crippen molar-refractivity contribution in [3.63, 3.8) is 0 Å². The minimum absolute atomic E-state index is 0.786. The lowest BCUT2D eigenvalue weighted by Gasteiger charge is -2.16. The van der Waals surface area contributed by atoms with Crippen molar-refractivity contribution in [1.29, 1.82) is 0 Å². The van der Waals surface area contributed by atoms with Crippen LogP contribution < -0.4 is 10.1 Å². The van der Waals surface area contributed by atoms with E-state index >= 15 is 0 Å². The number of nitrogens with zero attached hydrogens (tertiary/aromatic N) is 1. The van der Waals surface area contributed by atoms with Gasteiger partial charge in [0.1, 0.15) is 11.5 Å². The van der Waals surface area contributed by atoms with Crippen LogP contribution in [0.5, 0.6) is 11.5 Å². The predicted molar refractivity (Wildman–Crippen MR) is 90.3 cm³/mol. The maximum Gasteiger partial charge on any atom is 0.127 e. The van der Waals surface area contributed by atoms with Crippen LogP contribution >= 0.6 is 0 Å². The lowest BCUT2D eigenvalue weighted by Crippen LogP contribution is -2.24. The van der Waals surface area contributed by atoms with Gasteiger partial charge in [0.15, 0.2) is 0 Å². The van der Waals surface area contributed by atoms with Gasteiger partial charge >= 0.3 is 0 Å². The Morgan fingerprint density at radius 2 is 1.91 bits per heavy atom. The molecule has 0 spiro atoms. The van der Waals surface area contributed by atoms with Crippen molar-refractivity contribution in [1.82, 2.24) is 10.2 Å². The molecule has 1 saturated heterocycles. The van der Waals surface area contributed by atoms with Gasteiger partial charge in [-0.1, -0.05) is 30.3 Å². The molecule has 0 aliphatic carbocycles. The molecule has 0 aromatic heterocycles. The molecule has 1 fully saturated rings. The molecule has 0 amide bonds. The van der Waals surface area contributed by atoms with Crippen LogP contribution in [0, 0.1) is 5.92 Å². The van der Waals surface area contributed by atoms with Crippen LogP contribution in [0.1, 0.15) is 12.0 Å². The number of rotatable bonds is 6. The molecule has 22 heavy (non-hydrogen) atoms. The zero-order valence-electron chi connectivity index (χ0n) is 13.2. The summed E-state index contributed by atoms with van der Waals surface area (Å²) in [5.41, 5.74) is 1.32. The molecule has 1 heterocycles. The van der Waals surface area contributed by atoms with Crippen LogP contribution in [0.25, 0.3) is 0 Å². The van der Waals surface area contributed by atoms with E-state index < -0.39 is 0 Å². The first-order chi connectivity index (χ1) is 10.8. The van der Waals surface area contributed by atoms with Crippen molar-refractivity contribution in [3.8, 4) is 11.5 Å². The van der Waals surface area contributed by atoms with Crippen LogP contribution in [0.15, 0.2) is 54.6 Å². The van der Waals surface area contributed by atoms with Crippen molar-refractivity contribution in [3.05, 3.63) is 60.2 Å². The predicted octanol–water partition coefficient (Wildman–Crippen LogP) is 3.52. The van der Waals surface area contributed by atoms with E-state index in [0.29, 0.717) is 0 Å². The van der Waals surface area contributed by atoms with Gasteiger partial charge in [0.25, 0.3) is 0 Å². The summed E-state index contributed by atoms with van der Waals surface area (Å²) in [4.78, 5) is 2.53. The lowest BCUT2D eigenvalue weighted by atomic mass is 10.1. The van der Waals surface area contributed by atoms with Crippen LogP contribution in [0.2, 0.25) is 0 Å². The molecular weight excluding hydrogens is 272 g/mol. The lowest BCUT2D eigenvalue weighted by molar-refractivity contribution is 0.315. The number of hydrogen-bond donors (Lipinski definition) is 1. The summed E-state index contributed by atoms with van der Waals surface area (Å²) >= 11 is 0. The summed E-state index contributed by atoms with van der Waals surface area (Å²) in [6, 6.07) is 18.4. The molecule has 2 aromatic rings. The van der Waals surface area contributed by atoms with Gasteiger partial charge in [0, 0.05) is 13.1 Å². The SMILES string of the molecule is CNCC1CCN(Cc2cccc(Oc3ccccc3)c2)C1. The first kappa shape index (κ1) is 15.1. The molecule has 3 heteroatoms. The zero-order valence-corrected chi connectivity index (χ0v) is 13.2. The molecule has 0 bridgehead atoms. The summed E-state index contributed by atoms with van der Waals surface area (Å²) in [6.45, 7) is 4.50. The highest BCUT2D eigenvalue weighted by molar-refractivity contribution is 5.33. The Morgan fingerprint density at radius 3 is 2.73 bits per heavy atom. The molecule has 0 radical (unpaired) electrons. The Hall–Kier alpha value is -1.84. The van der Waals surface area contributed by atoms with Crippen LogP contribution in [0.3, 0.4) is 0 Å². The van der Waals surface area contributed by atoms with Crippen LogP contribution in [-0.2, 0) is 6.54 Å². The van der Waals surface area contributed by atoms with Gasteiger partial charge in [0.05, 0.1) is 0 Å². The number of para-hydroxylation sites is 1. The monoisotopic (exact) mass is 296 g/mol. The number of hydrogen-bond acceptors (Lipinski definition) is 3. The van der Waals surface area contributed by atoms with Gasteiger partial charge in [-0.3, -0.25) is 4.90 Å². The fourth-order valence-corrected chi connectivity index (χ4v) is 3.10. The Morgan fingerprint density at radius 1 is 1.09 bits per heavy atom. The van der Waals surface area contributed by atoms with Gasteiger partial charge < -0.3 is 10.1 Å². The highest BCUT2D eigenvalue weighted by Gasteiger charge is 2.21. The molecule has 3 nitrogen and oxygen atoms in total. The third kappa shape index (κ3) is 4.09. The minimum Gasteiger partial charge on any atom is -0.457 e. The topological polar surface area (TPSA) is 24.5 Å². The van der Waals surface area contributed by atoms with E-state index in [2.05, 4.69) is 28.4 Å². The van der Waals surface area contributed by atoms with Gasteiger partial charge in [-0.25, -0.2) is 0 Å². The normalized spacial score (nSPS) is 18.5. The number of ether oxygens (including phenoxy) is 1. The summed E-state index contributed by atoms with van der Waals surface area (Å²) in [6.07, 6.45) is 1.29. The molecule has 1 aliphatic heterocycles. The first-order valence-electron chi connectivity index (χ1n) is 8.02. The smallest absolute Gasteiger partial charge is 0.127 e. The summed E-state index contributed by atoms with van der Waals surface area (Å²) in [5.74, 6) is 2.58. The maximum absolute atomic E-state index is 5.91. The average Bonchev–Trinajstić information content (AvgIpc) is 2.96. The average molecular weight is 296 g/mol. The molecule has 3 rings (SSSR count). The van der Waals surface area contributed by atoms with E-state index in [1.807, 2.05) is 43.4 Å². The van der Waals surface area contributed by atoms with E-state index in [4.69, 9.17) is 4.74 Å². The van der Waals surface area contributed by atoms with Crippen molar-refractivity contribution < 1.29 is 4.74 Å². The highest BCUT2D eigenvalue weighted by Crippen LogP contribution is 2.24. The van der Waals surface area contributed by atoms with Crippen molar-refractivity contribution in [2.45, 2.75) is 13.0 Å².